The molecule has 24 heavy (non-hydrogen) atoms. The summed E-state index contributed by atoms with van der Waals surface area (Å²) in [5.74, 6) is 8.07. The smallest absolute Gasteiger partial charge is 0.192 e. The maximum absolute atomic E-state index is 4.54. The zero-order valence-electron chi connectivity index (χ0n) is 13.9. The molecule has 0 bridgehead atoms. The molecule has 1 atom stereocenters. The van der Waals surface area contributed by atoms with Crippen LogP contribution in [0.1, 0.15) is 24.7 Å². The molecule has 0 radical (unpaired) electrons. The molecule has 3 rings (SSSR count). The quantitative estimate of drug-likeness (QED) is 0.506. The van der Waals surface area contributed by atoms with E-state index in [4.69, 9.17) is 0 Å². The zero-order valence-corrected chi connectivity index (χ0v) is 13.9. The first-order valence-electron chi connectivity index (χ1n) is 8.30. The van der Waals surface area contributed by atoms with E-state index < -0.39 is 0 Å². The van der Waals surface area contributed by atoms with E-state index in [0.29, 0.717) is 12.6 Å². The van der Waals surface area contributed by atoms with Gasteiger partial charge in [-0.2, -0.15) is 5.10 Å². The second kappa shape index (κ2) is 8.16. The summed E-state index contributed by atoms with van der Waals surface area (Å²) in [6.45, 7) is 4.16. The van der Waals surface area contributed by atoms with Crippen molar-refractivity contribution in [1.29, 1.82) is 0 Å². The summed E-state index contributed by atoms with van der Waals surface area (Å²) in [5.41, 5.74) is 1.01. The van der Waals surface area contributed by atoms with Crippen LogP contribution in [-0.4, -0.2) is 39.9 Å². The minimum atomic E-state index is 0.305. The number of aliphatic imine (C=N–C) groups is 1. The third-order valence-electron chi connectivity index (χ3n) is 3.81. The molecule has 6 heteroatoms. The summed E-state index contributed by atoms with van der Waals surface area (Å²) in [5, 5.41) is 11.0. The van der Waals surface area contributed by atoms with Gasteiger partial charge < -0.3 is 10.6 Å². The first kappa shape index (κ1) is 16.1. The number of hydrogen-bond acceptors (Lipinski definition) is 3. The Balaban J connectivity index is 1.57. The second-order valence-electron chi connectivity index (χ2n) is 5.60. The molecule has 0 amide bonds. The minimum absolute atomic E-state index is 0.305. The van der Waals surface area contributed by atoms with Gasteiger partial charge in [0.1, 0.15) is 18.7 Å². The molecule has 0 fully saturated rings. The Morgan fingerprint density at radius 2 is 2.25 bits per heavy atom. The summed E-state index contributed by atoms with van der Waals surface area (Å²) >= 11 is 0. The highest BCUT2D eigenvalue weighted by molar-refractivity contribution is 5.80. The second-order valence-corrected chi connectivity index (χ2v) is 5.60. The Bertz CT molecular complexity index is 738. The maximum atomic E-state index is 4.54. The monoisotopic (exact) mass is 322 g/mol. The molecule has 0 saturated carbocycles. The fourth-order valence-electron chi connectivity index (χ4n) is 2.65. The Labute approximate surface area is 142 Å². The van der Waals surface area contributed by atoms with Crippen molar-refractivity contribution < 1.29 is 0 Å². The van der Waals surface area contributed by atoms with Crippen molar-refractivity contribution in [2.45, 2.75) is 32.4 Å². The molecular weight excluding hydrogens is 300 g/mol. The Morgan fingerprint density at radius 1 is 1.38 bits per heavy atom. The summed E-state index contributed by atoms with van der Waals surface area (Å²) in [7, 11) is 0. The van der Waals surface area contributed by atoms with Crippen LogP contribution in [0.25, 0.3) is 0 Å². The largest absolute Gasteiger partial charge is 0.357 e. The first-order chi connectivity index (χ1) is 11.8. The molecule has 1 aromatic carbocycles. The minimum Gasteiger partial charge on any atom is -0.357 e. The lowest BCUT2D eigenvalue weighted by Gasteiger charge is -2.25. The van der Waals surface area contributed by atoms with E-state index in [0.717, 1.165) is 43.3 Å². The van der Waals surface area contributed by atoms with E-state index in [-0.39, 0.29) is 0 Å². The van der Waals surface area contributed by atoms with Crippen molar-refractivity contribution in [2.75, 3.05) is 13.1 Å². The maximum Gasteiger partial charge on any atom is 0.192 e. The van der Waals surface area contributed by atoms with Crippen molar-refractivity contribution in [3.05, 3.63) is 48.0 Å². The van der Waals surface area contributed by atoms with Gasteiger partial charge in [-0.05, 0) is 25.5 Å². The van der Waals surface area contributed by atoms with Gasteiger partial charge in [-0.1, -0.05) is 30.0 Å². The van der Waals surface area contributed by atoms with Crippen molar-refractivity contribution in [3.8, 4) is 11.8 Å². The number of aryl methyl sites for hydroxylation is 1. The first-order valence-corrected chi connectivity index (χ1v) is 8.30. The predicted molar refractivity (Wildman–Crippen MR) is 94.6 cm³/mol. The molecule has 1 aromatic heterocycles. The lowest BCUT2D eigenvalue weighted by atomic mass is 10.1. The zero-order chi connectivity index (χ0) is 16.6. The summed E-state index contributed by atoms with van der Waals surface area (Å²) < 4.78 is 1.96. The van der Waals surface area contributed by atoms with Crippen molar-refractivity contribution in [1.82, 2.24) is 25.4 Å². The highest BCUT2D eigenvalue weighted by Gasteiger charge is 2.20. The van der Waals surface area contributed by atoms with E-state index in [1.54, 1.807) is 6.33 Å². The van der Waals surface area contributed by atoms with Gasteiger partial charge in [0.2, 0.25) is 0 Å². The van der Waals surface area contributed by atoms with Crippen LogP contribution in [0.15, 0.2) is 41.7 Å². The average molecular weight is 322 g/mol. The van der Waals surface area contributed by atoms with Gasteiger partial charge in [-0.15, -0.1) is 0 Å². The number of aromatic nitrogens is 3. The number of fused-ring (bicyclic) bond motifs is 1. The third-order valence-corrected chi connectivity index (χ3v) is 3.81. The van der Waals surface area contributed by atoms with E-state index >= 15 is 0 Å². The van der Waals surface area contributed by atoms with E-state index in [1.807, 2.05) is 35.0 Å². The van der Waals surface area contributed by atoms with E-state index in [1.165, 1.54) is 0 Å². The highest BCUT2D eigenvalue weighted by Crippen LogP contribution is 2.11. The Kier molecular flexibility index (Phi) is 5.46. The summed E-state index contributed by atoms with van der Waals surface area (Å²) in [4.78, 5) is 8.80. The number of hydrogen-bond donors (Lipinski definition) is 2. The van der Waals surface area contributed by atoms with E-state index in [2.05, 4.69) is 44.5 Å². The number of nitrogens with one attached hydrogen (secondary N) is 2. The normalized spacial score (nSPS) is 16.7. The average Bonchev–Trinajstić information content (AvgIpc) is 3.07. The van der Waals surface area contributed by atoms with Gasteiger partial charge in [0.15, 0.2) is 5.96 Å². The third kappa shape index (κ3) is 4.35. The molecule has 1 unspecified atom stereocenters. The van der Waals surface area contributed by atoms with Crippen LogP contribution < -0.4 is 10.6 Å². The molecular formula is C18H22N6. The lowest BCUT2D eigenvalue weighted by Crippen LogP contribution is -2.47. The molecule has 2 N–H and O–H groups in total. The molecule has 0 saturated heterocycles. The fraction of sp³-hybridized carbons (Fsp3) is 0.389. The summed E-state index contributed by atoms with van der Waals surface area (Å²) in [6.07, 6.45) is 3.58. The molecule has 1 aliphatic rings. The van der Waals surface area contributed by atoms with Crippen LogP contribution in [0.4, 0.5) is 0 Å². The molecule has 1 aliphatic heterocycles. The molecule has 0 spiro atoms. The Morgan fingerprint density at radius 3 is 3.08 bits per heavy atom. The van der Waals surface area contributed by atoms with Crippen molar-refractivity contribution in [3.63, 3.8) is 0 Å². The summed E-state index contributed by atoms with van der Waals surface area (Å²) in [6, 6.07) is 10.3. The fourth-order valence-corrected chi connectivity index (χ4v) is 2.65. The van der Waals surface area contributed by atoms with Crippen LogP contribution in [-0.2, 0) is 13.0 Å². The van der Waals surface area contributed by atoms with Crippen molar-refractivity contribution >= 4 is 5.96 Å². The van der Waals surface area contributed by atoms with Crippen molar-refractivity contribution in [2.24, 2.45) is 4.99 Å². The van der Waals surface area contributed by atoms with Gasteiger partial charge in [0.25, 0.3) is 0 Å². The van der Waals surface area contributed by atoms with Gasteiger partial charge in [-0.25, -0.2) is 14.7 Å². The van der Waals surface area contributed by atoms with Crippen LogP contribution in [0.2, 0.25) is 0 Å². The number of guanidine groups is 1. The van der Waals surface area contributed by atoms with Crippen LogP contribution >= 0.6 is 0 Å². The van der Waals surface area contributed by atoms with Crippen LogP contribution in [0, 0.1) is 11.8 Å². The predicted octanol–water partition coefficient (Wildman–Crippen LogP) is 1.20. The van der Waals surface area contributed by atoms with Gasteiger partial charge in [0, 0.05) is 24.6 Å². The number of benzene rings is 1. The molecule has 6 nitrogen and oxygen atoms in total. The highest BCUT2D eigenvalue weighted by atomic mass is 15.4. The number of rotatable bonds is 3. The van der Waals surface area contributed by atoms with Gasteiger partial charge >= 0.3 is 0 Å². The standard InChI is InChI=1S/C18H22N6/c1-2-19-18(20-12-6-9-15-7-4-3-5-8-15)23-16-10-11-17-21-14-22-24(17)13-16/h3-5,7-8,14,16H,2,10-13H2,1H3,(H2,19,20,23). The van der Waals surface area contributed by atoms with E-state index in [9.17, 15) is 0 Å². The molecule has 0 aliphatic carbocycles. The van der Waals surface area contributed by atoms with Crippen LogP contribution in [0.5, 0.6) is 0 Å². The number of nitrogens with zero attached hydrogens (tertiary/aromatic N) is 4. The van der Waals surface area contributed by atoms with Gasteiger partial charge in [-0.3, -0.25) is 0 Å². The van der Waals surface area contributed by atoms with Gasteiger partial charge in [0.05, 0.1) is 6.54 Å². The Hall–Kier alpha value is -2.81. The molecule has 2 heterocycles. The van der Waals surface area contributed by atoms with Crippen LogP contribution in [0.3, 0.4) is 0 Å². The molecule has 2 aromatic rings. The lowest BCUT2D eigenvalue weighted by molar-refractivity contribution is 0.393. The topological polar surface area (TPSA) is 67.1 Å². The molecule has 124 valence electrons. The SMILES string of the molecule is CCNC(=NCC#Cc1ccccc1)NC1CCc2ncnn2C1.